The van der Waals surface area contributed by atoms with Crippen LogP contribution in [0, 0.1) is 5.92 Å². The molecule has 2 rings (SSSR count). The van der Waals surface area contributed by atoms with Crippen molar-refractivity contribution < 1.29 is 0 Å². The Morgan fingerprint density at radius 1 is 1.47 bits per heavy atom. The first-order valence-corrected chi connectivity index (χ1v) is 6.11. The summed E-state index contributed by atoms with van der Waals surface area (Å²) >= 11 is 0. The van der Waals surface area contributed by atoms with Gasteiger partial charge in [0.05, 0.1) is 11.9 Å². The Morgan fingerprint density at radius 3 is 2.71 bits per heavy atom. The average molecular weight is 228 g/mol. The van der Waals surface area contributed by atoms with E-state index in [1.165, 1.54) is 22.4 Å². The van der Waals surface area contributed by atoms with E-state index < -0.39 is 0 Å². The predicted octanol–water partition coefficient (Wildman–Crippen LogP) is 3.85. The highest BCUT2D eigenvalue weighted by atomic mass is 15.1. The number of allylic oxidation sites excluding steroid dienone is 5. The van der Waals surface area contributed by atoms with Gasteiger partial charge in [-0.05, 0) is 30.9 Å². The first-order valence-electron chi connectivity index (χ1n) is 6.11. The molecule has 0 spiro atoms. The molecular weight excluding hydrogens is 208 g/mol. The van der Waals surface area contributed by atoms with Gasteiger partial charge < -0.3 is 0 Å². The Hall–Kier alpha value is -1.57. The molecule has 0 saturated heterocycles. The van der Waals surface area contributed by atoms with Gasteiger partial charge in [0.1, 0.15) is 0 Å². The molecule has 90 valence electrons. The van der Waals surface area contributed by atoms with E-state index >= 15 is 0 Å². The molecular formula is C15H20N2. The number of rotatable bonds is 3. The van der Waals surface area contributed by atoms with E-state index in [1.54, 1.807) is 0 Å². The molecule has 0 radical (unpaired) electrons. The van der Waals surface area contributed by atoms with Crippen LogP contribution in [0.3, 0.4) is 0 Å². The fourth-order valence-corrected chi connectivity index (χ4v) is 2.69. The van der Waals surface area contributed by atoms with Crippen LogP contribution in [-0.4, -0.2) is 10.2 Å². The summed E-state index contributed by atoms with van der Waals surface area (Å²) < 4.78 is 0. The van der Waals surface area contributed by atoms with Crippen LogP contribution in [-0.2, 0) is 5.41 Å². The maximum absolute atomic E-state index is 4.18. The summed E-state index contributed by atoms with van der Waals surface area (Å²) in [4.78, 5) is 0. The van der Waals surface area contributed by atoms with Gasteiger partial charge in [0.2, 0.25) is 0 Å². The van der Waals surface area contributed by atoms with Crippen LogP contribution in [0.4, 0.5) is 0 Å². The van der Waals surface area contributed by atoms with Gasteiger partial charge in [-0.15, -0.1) is 0 Å². The normalized spacial score (nSPS) is 23.8. The van der Waals surface area contributed by atoms with E-state index in [4.69, 9.17) is 0 Å². The molecule has 1 aromatic heterocycles. The average Bonchev–Trinajstić information content (AvgIpc) is 2.83. The minimum absolute atomic E-state index is 0.00185. The monoisotopic (exact) mass is 228 g/mol. The summed E-state index contributed by atoms with van der Waals surface area (Å²) in [6.07, 6.45) is 8.14. The number of nitrogens with zero attached hydrogens (tertiary/aromatic N) is 1. The second kappa shape index (κ2) is 4.02. The summed E-state index contributed by atoms with van der Waals surface area (Å²) in [5.74, 6) is 0.505. The summed E-state index contributed by atoms with van der Waals surface area (Å²) in [5.41, 5.74) is 4.97. The van der Waals surface area contributed by atoms with Crippen molar-refractivity contribution in [3.63, 3.8) is 0 Å². The van der Waals surface area contributed by atoms with Crippen LogP contribution in [0.5, 0.6) is 0 Å². The lowest BCUT2D eigenvalue weighted by atomic mass is 9.72. The number of nitrogens with one attached hydrogen (secondary N) is 1. The first-order chi connectivity index (χ1) is 8.07. The summed E-state index contributed by atoms with van der Waals surface area (Å²) in [5, 5.41) is 7.35. The summed E-state index contributed by atoms with van der Waals surface area (Å²) in [7, 11) is 0. The third kappa shape index (κ3) is 1.43. The minimum atomic E-state index is 0.00185. The molecule has 1 aliphatic carbocycles. The highest BCUT2D eigenvalue weighted by Gasteiger charge is 2.43. The fourth-order valence-electron chi connectivity index (χ4n) is 2.69. The quantitative estimate of drug-likeness (QED) is 0.836. The molecule has 0 aromatic carbocycles. The number of fused-ring (bicyclic) bond motifs is 1. The topological polar surface area (TPSA) is 28.7 Å². The molecule has 2 nitrogen and oxygen atoms in total. The van der Waals surface area contributed by atoms with Gasteiger partial charge in [-0.2, -0.15) is 5.10 Å². The van der Waals surface area contributed by atoms with Gasteiger partial charge in [-0.1, -0.05) is 38.7 Å². The van der Waals surface area contributed by atoms with Crippen LogP contribution in [0.25, 0.3) is 5.57 Å². The minimum Gasteiger partial charge on any atom is -0.281 e. The van der Waals surface area contributed by atoms with Gasteiger partial charge in [0, 0.05) is 11.0 Å². The zero-order valence-corrected chi connectivity index (χ0v) is 11.0. The van der Waals surface area contributed by atoms with E-state index in [9.17, 15) is 0 Å². The maximum Gasteiger partial charge on any atom is 0.0569 e. The third-order valence-electron chi connectivity index (χ3n) is 3.99. The van der Waals surface area contributed by atoms with E-state index in [0.29, 0.717) is 5.92 Å². The van der Waals surface area contributed by atoms with Crippen LogP contribution >= 0.6 is 0 Å². The van der Waals surface area contributed by atoms with Gasteiger partial charge in [0.15, 0.2) is 0 Å². The first kappa shape index (κ1) is 11.9. The van der Waals surface area contributed by atoms with Crippen molar-refractivity contribution in [2.45, 2.75) is 33.1 Å². The Kier molecular flexibility index (Phi) is 2.82. The van der Waals surface area contributed by atoms with Crippen LogP contribution in [0.15, 0.2) is 36.6 Å². The van der Waals surface area contributed by atoms with Crippen LogP contribution in [0.1, 0.15) is 39.0 Å². The Balaban J connectivity index is 2.74. The molecule has 1 atom stereocenters. The second-order valence-corrected chi connectivity index (χ2v) is 5.05. The lowest BCUT2D eigenvalue weighted by Crippen LogP contribution is -2.29. The van der Waals surface area contributed by atoms with Gasteiger partial charge in [-0.3, -0.25) is 5.10 Å². The Morgan fingerprint density at radius 2 is 2.18 bits per heavy atom. The number of hydrogen-bond donors (Lipinski definition) is 1. The number of aromatic amines is 1. The molecule has 1 heterocycles. The molecule has 0 bridgehead atoms. The SMILES string of the molecule is C=CC1=C(/C=C\C)C(C)(C(C)C)c2[nH]ncc21. The smallest absolute Gasteiger partial charge is 0.0569 e. The van der Waals surface area contributed by atoms with Crippen molar-refractivity contribution >= 4 is 5.57 Å². The highest BCUT2D eigenvalue weighted by molar-refractivity contribution is 5.86. The molecule has 17 heavy (non-hydrogen) atoms. The Bertz CT molecular complexity index is 503. The maximum atomic E-state index is 4.18. The van der Waals surface area contributed by atoms with E-state index in [0.717, 1.165) is 0 Å². The predicted molar refractivity (Wildman–Crippen MR) is 72.7 cm³/mol. The zero-order valence-electron chi connectivity index (χ0n) is 11.0. The van der Waals surface area contributed by atoms with E-state index in [-0.39, 0.29) is 5.41 Å². The van der Waals surface area contributed by atoms with Crippen molar-refractivity contribution in [3.8, 4) is 0 Å². The molecule has 1 unspecified atom stereocenters. The number of hydrogen-bond acceptors (Lipinski definition) is 1. The van der Waals surface area contributed by atoms with Gasteiger partial charge >= 0.3 is 0 Å². The largest absolute Gasteiger partial charge is 0.281 e. The van der Waals surface area contributed by atoms with Crippen LogP contribution < -0.4 is 0 Å². The van der Waals surface area contributed by atoms with E-state index in [2.05, 4.69) is 56.6 Å². The van der Waals surface area contributed by atoms with Crippen molar-refractivity contribution in [2.24, 2.45) is 5.92 Å². The molecule has 1 aliphatic rings. The molecule has 1 N–H and O–H groups in total. The van der Waals surface area contributed by atoms with Gasteiger partial charge in [-0.25, -0.2) is 0 Å². The summed E-state index contributed by atoms with van der Waals surface area (Å²) in [6.45, 7) is 12.8. The standard InChI is InChI=1S/C15H20N2/c1-6-8-13-11(7-2)12-9-16-17-14(12)15(13,5)10(3)4/h6-10H,2H2,1,3-5H3,(H,16,17)/b8-6-. The van der Waals surface area contributed by atoms with Crippen molar-refractivity contribution in [1.82, 2.24) is 10.2 Å². The van der Waals surface area contributed by atoms with Gasteiger partial charge in [0.25, 0.3) is 0 Å². The van der Waals surface area contributed by atoms with E-state index in [1.807, 2.05) is 12.3 Å². The third-order valence-corrected chi connectivity index (χ3v) is 3.99. The molecule has 0 fully saturated rings. The van der Waals surface area contributed by atoms with Crippen molar-refractivity contribution in [2.75, 3.05) is 0 Å². The Labute approximate surface area is 103 Å². The van der Waals surface area contributed by atoms with Crippen molar-refractivity contribution in [1.29, 1.82) is 0 Å². The van der Waals surface area contributed by atoms with Crippen LogP contribution in [0.2, 0.25) is 0 Å². The fraction of sp³-hybridized carbons (Fsp3) is 0.400. The lowest BCUT2D eigenvalue weighted by Gasteiger charge is -2.31. The summed E-state index contributed by atoms with van der Waals surface area (Å²) in [6, 6.07) is 0. The molecule has 0 aliphatic heterocycles. The molecule has 2 heteroatoms. The second-order valence-electron chi connectivity index (χ2n) is 5.05. The molecule has 0 saturated carbocycles. The molecule has 1 aromatic rings. The zero-order chi connectivity index (χ0) is 12.6. The lowest BCUT2D eigenvalue weighted by molar-refractivity contribution is 0.400. The number of H-pyrrole nitrogens is 1. The molecule has 0 amide bonds. The van der Waals surface area contributed by atoms with Crippen molar-refractivity contribution in [3.05, 3.63) is 47.8 Å². The number of aromatic nitrogens is 2. The highest BCUT2D eigenvalue weighted by Crippen LogP contribution is 2.50.